The van der Waals surface area contributed by atoms with Crippen molar-refractivity contribution in [2.45, 2.75) is 6.04 Å². The summed E-state index contributed by atoms with van der Waals surface area (Å²) in [5, 5.41) is 0.947. The van der Waals surface area contributed by atoms with Gasteiger partial charge in [0.1, 0.15) is 0 Å². The van der Waals surface area contributed by atoms with Gasteiger partial charge in [0.15, 0.2) is 5.78 Å². The number of Topliss-reactive ketones (excluding diaryl/α,β-unsaturated/α-hetero) is 1. The maximum absolute atomic E-state index is 13.8. The molecule has 1 amide bonds. The largest absolute Gasteiger partial charge is 0.379 e. The number of hydrogen-bond acceptors (Lipinski definition) is 5. The van der Waals surface area contributed by atoms with Gasteiger partial charge in [-0.1, -0.05) is 48.5 Å². The second-order valence-electron chi connectivity index (χ2n) is 8.73. The molecule has 1 unspecified atom stereocenters. The Balaban J connectivity index is 1.32. The Kier molecular flexibility index (Phi) is 6.53. The van der Waals surface area contributed by atoms with E-state index in [1.54, 1.807) is 0 Å². The van der Waals surface area contributed by atoms with Gasteiger partial charge in [0.25, 0.3) is 0 Å². The van der Waals surface area contributed by atoms with Crippen LogP contribution in [0.2, 0.25) is 0 Å². The highest BCUT2D eigenvalue weighted by Crippen LogP contribution is 2.29. The van der Waals surface area contributed by atoms with Gasteiger partial charge in [0.2, 0.25) is 5.91 Å². The van der Waals surface area contributed by atoms with Gasteiger partial charge in [0, 0.05) is 61.9 Å². The topological polar surface area (TPSA) is 68.9 Å². The number of morpholine rings is 1. The third-order valence-electron chi connectivity index (χ3n) is 6.71. The molecule has 1 aromatic heterocycles. The zero-order valence-electron chi connectivity index (χ0n) is 18.8. The van der Waals surface area contributed by atoms with Crippen LogP contribution in [-0.4, -0.2) is 90.4 Å². The first-order valence-corrected chi connectivity index (χ1v) is 11.7. The van der Waals surface area contributed by atoms with Crippen molar-refractivity contribution in [3.8, 4) is 0 Å². The number of nitrogens with one attached hydrogen (secondary N) is 1. The van der Waals surface area contributed by atoms with Crippen LogP contribution in [0.3, 0.4) is 0 Å². The molecule has 2 aliphatic rings. The number of nitrogens with zero attached hydrogens (tertiary/aromatic N) is 3. The van der Waals surface area contributed by atoms with Crippen LogP contribution in [0, 0.1) is 0 Å². The molecule has 2 aliphatic heterocycles. The number of benzene rings is 2. The molecule has 172 valence electrons. The molecule has 2 aromatic carbocycles. The smallest absolute Gasteiger partial charge is 0.236 e. The molecule has 0 bridgehead atoms. The van der Waals surface area contributed by atoms with Crippen molar-refractivity contribution >= 4 is 22.6 Å². The molecule has 2 saturated heterocycles. The van der Waals surface area contributed by atoms with E-state index in [1.807, 2.05) is 65.7 Å². The van der Waals surface area contributed by atoms with Gasteiger partial charge in [-0.05, 0) is 11.6 Å². The lowest BCUT2D eigenvalue weighted by atomic mass is 9.95. The van der Waals surface area contributed by atoms with E-state index >= 15 is 0 Å². The summed E-state index contributed by atoms with van der Waals surface area (Å²) >= 11 is 0. The first-order valence-electron chi connectivity index (χ1n) is 11.7. The molecule has 0 aliphatic carbocycles. The molecule has 33 heavy (non-hydrogen) atoms. The van der Waals surface area contributed by atoms with Crippen LogP contribution in [0.5, 0.6) is 0 Å². The van der Waals surface area contributed by atoms with E-state index in [4.69, 9.17) is 4.74 Å². The Bertz CT molecular complexity index is 1100. The third kappa shape index (κ3) is 4.71. The molecule has 0 saturated carbocycles. The summed E-state index contributed by atoms with van der Waals surface area (Å²) < 4.78 is 5.38. The SMILES string of the molecule is O=C(c1c[nH]c2ccccc12)C(c1ccccc1)N1CCN(C(=O)CN2CCOCC2)CC1. The minimum Gasteiger partial charge on any atom is -0.379 e. The van der Waals surface area contributed by atoms with E-state index in [9.17, 15) is 9.59 Å². The van der Waals surface area contributed by atoms with E-state index in [2.05, 4.69) is 14.8 Å². The molecule has 1 atom stereocenters. The molecule has 7 nitrogen and oxygen atoms in total. The average Bonchev–Trinajstić information content (AvgIpc) is 3.30. The summed E-state index contributed by atoms with van der Waals surface area (Å²) in [5.41, 5.74) is 2.66. The average molecular weight is 447 g/mol. The predicted molar refractivity (Wildman–Crippen MR) is 127 cm³/mol. The monoisotopic (exact) mass is 446 g/mol. The highest BCUT2D eigenvalue weighted by atomic mass is 16.5. The fraction of sp³-hybridized carbons (Fsp3) is 0.385. The summed E-state index contributed by atoms with van der Waals surface area (Å²) in [4.78, 5) is 36.2. The van der Waals surface area contributed by atoms with Gasteiger partial charge in [-0.15, -0.1) is 0 Å². The van der Waals surface area contributed by atoms with E-state index in [-0.39, 0.29) is 17.7 Å². The van der Waals surface area contributed by atoms with Gasteiger partial charge in [-0.25, -0.2) is 0 Å². The number of ether oxygens (including phenoxy) is 1. The quantitative estimate of drug-likeness (QED) is 0.590. The minimum absolute atomic E-state index is 0.0896. The maximum atomic E-state index is 13.8. The van der Waals surface area contributed by atoms with Crippen LogP contribution in [-0.2, 0) is 9.53 Å². The molecular weight excluding hydrogens is 416 g/mol. The van der Waals surface area contributed by atoms with Crippen molar-refractivity contribution in [3.63, 3.8) is 0 Å². The number of ketones is 1. The number of rotatable bonds is 6. The lowest BCUT2D eigenvalue weighted by Gasteiger charge is -2.39. The number of hydrogen-bond donors (Lipinski definition) is 1. The van der Waals surface area contributed by atoms with E-state index in [0.717, 1.165) is 29.6 Å². The van der Waals surface area contributed by atoms with Crippen molar-refractivity contribution in [1.29, 1.82) is 0 Å². The molecular formula is C26H30N4O3. The fourth-order valence-electron chi connectivity index (χ4n) is 4.87. The van der Waals surface area contributed by atoms with E-state index in [1.165, 1.54) is 0 Å². The number of carbonyl (C=O) groups excluding carboxylic acids is 2. The second kappa shape index (κ2) is 9.87. The number of aromatic nitrogens is 1. The number of piperazine rings is 1. The van der Waals surface area contributed by atoms with Gasteiger partial charge >= 0.3 is 0 Å². The number of fused-ring (bicyclic) bond motifs is 1. The van der Waals surface area contributed by atoms with Crippen LogP contribution in [0.4, 0.5) is 0 Å². The van der Waals surface area contributed by atoms with E-state index < -0.39 is 0 Å². The van der Waals surface area contributed by atoms with Crippen LogP contribution >= 0.6 is 0 Å². The van der Waals surface area contributed by atoms with E-state index in [0.29, 0.717) is 51.5 Å². The molecule has 0 radical (unpaired) electrons. The molecule has 3 aromatic rings. The van der Waals surface area contributed by atoms with Crippen molar-refractivity contribution in [2.75, 3.05) is 59.0 Å². The van der Waals surface area contributed by atoms with Gasteiger partial charge < -0.3 is 14.6 Å². The zero-order chi connectivity index (χ0) is 22.6. The fourth-order valence-corrected chi connectivity index (χ4v) is 4.87. The van der Waals surface area contributed by atoms with Crippen LogP contribution in [0.1, 0.15) is 22.0 Å². The predicted octanol–water partition coefficient (Wildman–Crippen LogP) is 2.57. The first kappa shape index (κ1) is 21.8. The van der Waals surface area contributed by atoms with Gasteiger partial charge in [-0.3, -0.25) is 19.4 Å². The highest BCUT2D eigenvalue weighted by Gasteiger charge is 2.33. The molecule has 7 heteroatoms. The van der Waals surface area contributed by atoms with Crippen LogP contribution < -0.4 is 0 Å². The van der Waals surface area contributed by atoms with Crippen LogP contribution in [0.15, 0.2) is 60.8 Å². The standard InChI is InChI=1S/C26H30N4O3/c31-24(19-28-14-16-33-17-15-28)29-10-12-30(13-11-29)25(20-6-2-1-3-7-20)26(32)22-18-27-23-9-5-4-8-21(22)23/h1-9,18,25,27H,10-17,19H2. The Labute approximate surface area is 193 Å². The maximum Gasteiger partial charge on any atom is 0.236 e. The van der Waals surface area contributed by atoms with Crippen molar-refractivity contribution in [2.24, 2.45) is 0 Å². The van der Waals surface area contributed by atoms with Gasteiger partial charge in [0.05, 0.1) is 25.8 Å². The Morgan fingerprint density at radius 2 is 1.58 bits per heavy atom. The molecule has 5 rings (SSSR count). The molecule has 3 heterocycles. The van der Waals surface area contributed by atoms with Crippen molar-refractivity contribution in [1.82, 2.24) is 19.7 Å². The summed E-state index contributed by atoms with van der Waals surface area (Å²) in [6.07, 6.45) is 1.82. The lowest BCUT2D eigenvalue weighted by molar-refractivity contribution is -0.135. The second-order valence-corrected chi connectivity index (χ2v) is 8.73. The van der Waals surface area contributed by atoms with Crippen molar-refractivity contribution < 1.29 is 14.3 Å². The number of H-pyrrole nitrogens is 1. The molecule has 0 spiro atoms. The number of aromatic amines is 1. The summed E-state index contributed by atoms with van der Waals surface area (Å²) in [5.74, 6) is 0.252. The molecule has 2 fully saturated rings. The van der Waals surface area contributed by atoms with Crippen molar-refractivity contribution in [3.05, 3.63) is 71.9 Å². The summed E-state index contributed by atoms with van der Waals surface area (Å²) in [6, 6.07) is 17.5. The Morgan fingerprint density at radius 3 is 2.33 bits per heavy atom. The summed E-state index contributed by atoms with van der Waals surface area (Å²) in [7, 11) is 0. The Hall–Kier alpha value is -3.00. The van der Waals surface area contributed by atoms with Gasteiger partial charge in [-0.2, -0.15) is 0 Å². The normalized spacial score (nSPS) is 19.0. The Morgan fingerprint density at radius 1 is 0.879 bits per heavy atom. The number of amides is 1. The first-order chi connectivity index (χ1) is 16.2. The minimum atomic E-state index is -0.373. The number of para-hydroxylation sites is 1. The third-order valence-corrected chi connectivity index (χ3v) is 6.71. The zero-order valence-corrected chi connectivity index (χ0v) is 18.8. The molecule has 1 N–H and O–H groups in total. The number of carbonyl (C=O) groups is 2. The van der Waals surface area contributed by atoms with Crippen LogP contribution in [0.25, 0.3) is 10.9 Å². The lowest BCUT2D eigenvalue weighted by Crippen LogP contribution is -2.53. The highest BCUT2D eigenvalue weighted by molar-refractivity contribution is 6.10. The summed E-state index contributed by atoms with van der Waals surface area (Å²) in [6.45, 7) is 6.04.